The number of anilines is 2. The van der Waals surface area contributed by atoms with Crippen LogP contribution in [-0.2, 0) is 0 Å². The van der Waals surface area contributed by atoms with Crippen molar-refractivity contribution >= 4 is 29.0 Å². The van der Waals surface area contributed by atoms with Crippen LogP contribution in [0, 0.1) is 6.92 Å². The molecular weight excluding hydrogens is 386 g/mol. The van der Waals surface area contributed by atoms with Crippen molar-refractivity contribution in [2.45, 2.75) is 6.92 Å². The Kier molecular flexibility index (Phi) is 5.31. The summed E-state index contributed by atoms with van der Waals surface area (Å²) in [6.45, 7) is 2.04. The number of halogens is 1. The van der Waals surface area contributed by atoms with Crippen molar-refractivity contribution in [3.8, 4) is 22.7 Å². The van der Waals surface area contributed by atoms with Crippen molar-refractivity contribution in [1.29, 1.82) is 0 Å². The largest absolute Gasteiger partial charge is 0.444 e. The van der Waals surface area contributed by atoms with Crippen LogP contribution in [0.1, 0.15) is 5.56 Å². The van der Waals surface area contributed by atoms with Crippen LogP contribution in [0.3, 0.4) is 0 Å². The Bertz CT molecular complexity index is 1140. The molecule has 2 amide bonds. The monoisotopic (exact) mass is 403 g/mol. The van der Waals surface area contributed by atoms with Crippen LogP contribution in [0.15, 0.2) is 83.5 Å². The molecule has 0 saturated heterocycles. The fraction of sp³-hybridized carbons (Fsp3) is 0.0435. The standard InChI is InChI=1S/C23H18ClN3O2/c1-15-6-8-16(9-7-15)21-14-29-22(26-21)17-10-12-18(13-11-17)25-23(28)27-20-5-3-2-4-19(20)24/h2-14H,1H3,(H2,25,27,28). The minimum Gasteiger partial charge on any atom is -0.444 e. The summed E-state index contributed by atoms with van der Waals surface area (Å²) in [6, 6.07) is 22.1. The van der Waals surface area contributed by atoms with E-state index in [0.717, 1.165) is 16.8 Å². The highest BCUT2D eigenvalue weighted by molar-refractivity contribution is 6.33. The number of amides is 2. The lowest BCUT2D eigenvalue weighted by Gasteiger charge is -2.09. The van der Waals surface area contributed by atoms with Gasteiger partial charge in [-0.05, 0) is 43.3 Å². The van der Waals surface area contributed by atoms with Gasteiger partial charge < -0.3 is 15.1 Å². The SMILES string of the molecule is Cc1ccc(-c2coc(-c3ccc(NC(=O)Nc4ccccc4Cl)cc3)n2)cc1. The van der Waals surface area contributed by atoms with E-state index in [2.05, 4.69) is 15.6 Å². The molecule has 0 atom stereocenters. The molecule has 0 bridgehead atoms. The maximum atomic E-state index is 12.2. The van der Waals surface area contributed by atoms with Gasteiger partial charge in [0.05, 0.1) is 10.7 Å². The van der Waals surface area contributed by atoms with Crippen LogP contribution in [-0.4, -0.2) is 11.0 Å². The van der Waals surface area contributed by atoms with E-state index in [1.54, 1.807) is 42.7 Å². The number of hydrogen-bond acceptors (Lipinski definition) is 3. The van der Waals surface area contributed by atoms with Crippen LogP contribution in [0.2, 0.25) is 5.02 Å². The highest BCUT2D eigenvalue weighted by atomic mass is 35.5. The molecule has 1 heterocycles. The lowest BCUT2D eigenvalue weighted by Crippen LogP contribution is -2.19. The molecule has 2 N–H and O–H groups in total. The molecular formula is C23H18ClN3O2. The minimum atomic E-state index is -0.372. The molecule has 4 aromatic rings. The number of urea groups is 1. The summed E-state index contributed by atoms with van der Waals surface area (Å²) in [5, 5.41) is 5.97. The third kappa shape index (κ3) is 4.47. The molecule has 0 spiro atoms. The number of oxazole rings is 1. The fourth-order valence-corrected chi connectivity index (χ4v) is 2.99. The van der Waals surface area contributed by atoms with Gasteiger partial charge in [0.15, 0.2) is 0 Å². The zero-order valence-corrected chi connectivity index (χ0v) is 16.4. The molecule has 0 aliphatic carbocycles. The summed E-state index contributed by atoms with van der Waals surface area (Å²) in [5.41, 5.74) is 4.98. The Morgan fingerprint density at radius 3 is 2.31 bits per heavy atom. The number of hydrogen-bond donors (Lipinski definition) is 2. The first-order valence-electron chi connectivity index (χ1n) is 9.04. The number of nitrogens with one attached hydrogen (secondary N) is 2. The third-order valence-corrected chi connectivity index (χ3v) is 4.69. The van der Waals surface area contributed by atoms with E-state index in [9.17, 15) is 4.79 Å². The van der Waals surface area contributed by atoms with Crippen molar-refractivity contribution in [2.24, 2.45) is 0 Å². The highest BCUT2D eigenvalue weighted by Crippen LogP contribution is 2.26. The van der Waals surface area contributed by atoms with Crippen molar-refractivity contribution in [3.05, 3.63) is 89.6 Å². The minimum absolute atomic E-state index is 0.372. The summed E-state index contributed by atoms with van der Waals surface area (Å²) < 4.78 is 5.62. The molecule has 0 unspecified atom stereocenters. The Morgan fingerprint density at radius 1 is 0.897 bits per heavy atom. The second-order valence-electron chi connectivity index (χ2n) is 6.54. The van der Waals surface area contributed by atoms with Crippen molar-refractivity contribution in [2.75, 3.05) is 10.6 Å². The number of para-hydroxylation sites is 1. The fourth-order valence-electron chi connectivity index (χ4n) is 2.81. The molecule has 144 valence electrons. The Hall–Kier alpha value is -3.57. The van der Waals surface area contributed by atoms with Crippen molar-refractivity contribution in [3.63, 3.8) is 0 Å². The third-order valence-electron chi connectivity index (χ3n) is 4.36. The van der Waals surface area contributed by atoms with Crippen LogP contribution in [0.5, 0.6) is 0 Å². The highest BCUT2D eigenvalue weighted by Gasteiger charge is 2.10. The van der Waals surface area contributed by atoms with Gasteiger partial charge in [0.25, 0.3) is 0 Å². The molecule has 1 aromatic heterocycles. The summed E-state index contributed by atoms with van der Waals surface area (Å²) >= 11 is 6.05. The van der Waals surface area contributed by atoms with E-state index >= 15 is 0 Å². The first-order valence-corrected chi connectivity index (χ1v) is 9.42. The van der Waals surface area contributed by atoms with E-state index in [4.69, 9.17) is 16.0 Å². The first kappa shape index (κ1) is 18.8. The molecule has 6 heteroatoms. The van der Waals surface area contributed by atoms with E-state index in [1.165, 1.54) is 5.56 Å². The van der Waals surface area contributed by atoms with E-state index in [1.807, 2.05) is 43.3 Å². The lowest BCUT2D eigenvalue weighted by atomic mass is 10.1. The number of nitrogens with zero attached hydrogens (tertiary/aromatic N) is 1. The maximum Gasteiger partial charge on any atom is 0.323 e. The normalized spacial score (nSPS) is 10.6. The predicted octanol–water partition coefficient (Wildman–Crippen LogP) is 6.61. The van der Waals surface area contributed by atoms with Gasteiger partial charge in [-0.3, -0.25) is 0 Å². The van der Waals surface area contributed by atoms with Gasteiger partial charge in [0.2, 0.25) is 5.89 Å². The number of aryl methyl sites for hydroxylation is 1. The first-order chi connectivity index (χ1) is 14.1. The van der Waals surface area contributed by atoms with E-state index < -0.39 is 0 Å². The zero-order valence-electron chi connectivity index (χ0n) is 15.6. The lowest BCUT2D eigenvalue weighted by molar-refractivity contribution is 0.262. The van der Waals surface area contributed by atoms with E-state index in [0.29, 0.717) is 22.3 Å². The van der Waals surface area contributed by atoms with Gasteiger partial charge in [0, 0.05) is 16.8 Å². The Balaban J connectivity index is 1.43. The van der Waals surface area contributed by atoms with Gasteiger partial charge in [-0.15, -0.1) is 0 Å². The van der Waals surface area contributed by atoms with Gasteiger partial charge in [0.1, 0.15) is 12.0 Å². The summed E-state index contributed by atoms with van der Waals surface area (Å²) in [7, 11) is 0. The number of aromatic nitrogens is 1. The summed E-state index contributed by atoms with van der Waals surface area (Å²) in [6.07, 6.45) is 1.64. The number of rotatable bonds is 4. The molecule has 3 aromatic carbocycles. The Morgan fingerprint density at radius 2 is 1.59 bits per heavy atom. The van der Waals surface area contributed by atoms with Gasteiger partial charge in [-0.2, -0.15) is 0 Å². The number of benzene rings is 3. The molecule has 5 nitrogen and oxygen atoms in total. The van der Waals surface area contributed by atoms with Crippen LogP contribution in [0.4, 0.5) is 16.2 Å². The van der Waals surface area contributed by atoms with Gasteiger partial charge >= 0.3 is 6.03 Å². The summed E-state index contributed by atoms with van der Waals surface area (Å²) in [4.78, 5) is 16.7. The van der Waals surface area contributed by atoms with E-state index in [-0.39, 0.29) is 6.03 Å². The van der Waals surface area contributed by atoms with Crippen molar-refractivity contribution < 1.29 is 9.21 Å². The van der Waals surface area contributed by atoms with Gasteiger partial charge in [-0.1, -0.05) is 53.6 Å². The maximum absolute atomic E-state index is 12.2. The topological polar surface area (TPSA) is 67.2 Å². The zero-order chi connectivity index (χ0) is 20.2. The van der Waals surface area contributed by atoms with Gasteiger partial charge in [-0.25, -0.2) is 9.78 Å². The number of carbonyl (C=O) groups is 1. The molecule has 4 rings (SSSR count). The number of carbonyl (C=O) groups excluding carboxylic acids is 1. The molecule has 0 aliphatic rings. The van der Waals surface area contributed by atoms with Crippen molar-refractivity contribution in [1.82, 2.24) is 4.98 Å². The second kappa shape index (κ2) is 8.20. The average molecular weight is 404 g/mol. The predicted molar refractivity (Wildman–Crippen MR) is 116 cm³/mol. The Labute approximate surface area is 173 Å². The molecule has 0 saturated carbocycles. The molecule has 0 fully saturated rings. The molecule has 0 radical (unpaired) electrons. The van der Waals surface area contributed by atoms with Crippen LogP contribution >= 0.6 is 11.6 Å². The van der Waals surface area contributed by atoms with Crippen LogP contribution in [0.25, 0.3) is 22.7 Å². The second-order valence-corrected chi connectivity index (χ2v) is 6.95. The smallest absolute Gasteiger partial charge is 0.323 e. The quantitative estimate of drug-likeness (QED) is 0.402. The molecule has 29 heavy (non-hydrogen) atoms. The average Bonchev–Trinajstić information content (AvgIpc) is 3.21. The molecule has 0 aliphatic heterocycles. The van der Waals surface area contributed by atoms with Crippen LogP contribution < -0.4 is 10.6 Å². The summed E-state index contributed by atoms with van der Waals surface area (Å²) in [5.74, 6) is 0.521.